The highest BCUT2D eigenvalue weighted by atomic mass is 19.4. The number of halogens is 6. The molecule has 1 fully saturated rings. The van der Waals surface area contributed by atoms with E-state index in [2.05, 4.69) is 5.32 Å². The van der Waals surface area contributed by atoms with E-state index in [1.165, 1.54) is 0 Å². The summed E-state index contributed by atoms with van der Waals surface area (Å²) in [5.74, 6) is 0. The number of benzene rings is 1. The Labute approximate surface area is 105 Å². The van der Waals surface area contributed by atoms with Crippen LogP contribution >= 0.6 is 0 Å². The van der Waals surface area contributed by atoms with E-state index in [4.69, 9.17) is 0 Å². The fraction of sp³-hybridized carbons (Fsp3) is 0.500. The lowest BCUT2D eigenvalue weighted by atomic mass is 10.0. The summed E-state index contributed by atoms with van der Waals surface area (Å²) < 4.78 is 75.3. The molecule has 106 valence electrons. The van der Waals surface area contributed by atoms with Crippen LogP contribution in [0.4, 0.5) is 26.3 Å². The first-order chi connectivity index (χ1) is 8.66. The molecule has 0 atom stereocenters. The van der Waals surface area contributed by atoms with Gasteiger partial charge in [-0.2, -0.15) is 26.3 Å². The Morgan fingerprint density at radius 2 is 1.37 bits per heavy atom. The van der Waals surface area contributed by atoms with Crippen molar-refractivity contribution in [2.75, 3.05) is 0 Å². The third-order valence-electron chi connectivity index (χ3n) is 2.73. The van der Waals surface area contributed by atoms with Gasteiger partial charge in [-0.3, -0.25) is 0 Å². The summed E-state index contributed by atoms with van der Waals surface area (Å²) in [5, 5.41) is 4.02. The van der Waals surface area contributed by atoms with Crippen molar-refractivity contribution in [3.8, 4) is 0 Å². The van der Waals surface area contributed by atoms with Gasteiger partial charge in [0.25, 0.3) is 0 Å². The first-order valence-electron chi connectivity index (χ1n) is 5.61. The van der Waals surface area contributed by atoms with E-state index in [1.807, 2.05) is 0 Å². The van der Waals surface area contributed by atoms with Crippen LogP contribution < -0.4 is 0 Å². The molecule has 0 radical (unpaired) electrons. The zero-order chi connectivity index (χ0) is 14.3. The standard InChI is InChI=1S/C12H10F6N/c13-11(14,15)8-3-7(6-19-10-1-2-10)4-9(5-8)12(16,17)18/h3-5,10H,1-2,6H2/q-1. The van der Waals surface area contributed by atoms with Gasteiger partial charge in [0.1, 0.15) is 0 Å². The molecular weight excluding hydrogens is 272 g/mol. The smallest absolute Gasteiger partial charge is 0.416 e. The molecule has 0 saturated heterocycles. The van der Waals surface area contributed by atoms with Crippen molar-refractivity contribution in [1.29, 1.82) is 0 Å². The van der Waals surface area contributed by atoms with Crippen molar-refractivity contribution >= 4 is 0 Å². The van der Waals surface area contributed by atoms with E-state index in [9.17, 15) is 26.3 Å². The Bertz CT molecular complexity index is 426. The second-order valence-corrected chi connectivity index (χ2v) is 4.49. The maximum atomic E-state index is 12.5. The van der Waals surface area contributed by atoms with Crippen LogP contribution in [0.5, 0.6) is 0 Å². The van der Waals surface area contributed by atoms with Crippen LogP contribution in [0.2, 0.25) is 0 Å². The molecule has 19 heavy (non-hydrogen) atoms. The van der Waals surface area contributed by atoms with Crippen LogP contribution in [0.25, 0.3) is 5.32 Å². The highest BCUT2D eigenvalue weighted by Crippen LogP contribution is 2.37. The molecule has 7 heteroatoms. The fourth-order valence-electron chi connectivity index (χ4n) is 1.60. The van der Waals surface area contributed by atoms with Gasteiger partial charge in [-0.05, 0) is 18.2 Å². The Morgan fingerprint density at radius 3 is 1.74 bits per heavy atom. The van der Waals surface area contributed by atoms with Gasteiger partial charge in [0.15, 0.2) is 0 Å². The summed E-state index contributed by atoms with van der Waals surface area (Å²) in [5.41, 5.74) is -2.64. The van der Waals surface area contributed by atoms with Crippen LogP contribution in [-0.4, -0.2) is 6.04 Å². The average Bonchev–Trinajstić information content (AvgIpc) is 3.07. The predicted molar refractivity (Wildman–Crippen MR) is 56.5 cm³/mol. The van der Waals surface area contributed by atoms with E-state index >= 15 is 0 Å². The zero-order valence-electron chi connectivity index (χ0n) is 9.65. The first-order valence-corrected chi connectivity index (χ1v) is 5.61. The average molecular weight is 282 g/mol. The molecule has 0 aromatic heterocycles. The first kappa shape index (κ1) is 14.2. The maximum Gasteiger partial charge on any atom is 0.416 e. The van der Waals surface area contributed by atoms with Crippen LogP contribution in [0.3, 0.4) is 0 Å². The molecule has 1 aromatic carbocycles. The molecule has 1 nitrogen and oxygen atoms in total. The molecule has 0 unspecified atom stereocenters. The normalized spacial score (nSPS) is 16.7. The highest BCUT2D eigenvalue weighted by Gasteiger charge is 2.36. The molecule has 1 aliphatic carbocycles. The largest absolute Gasteiger partial charge is 0.656 e. The fourth-order valence-corrected chi connectivity index (χ4v) is 1.60. The molecule has 0 N–H and O–H groups in total. The molecular formula is C12H10F6N-. The minimum atomic E-state index is -4.80. The lowest BCUT2D eigenvalue weighted by Crippen LogP contribution is -2.11. The number of alkyl halides is 6. The third-order valence-corrected chi connectivity index (χ3v) is 2.73. The number of rotatable bonds is 3. The van der Waals surface area contributed by atoms with Crippen LogP contribution in [0, 0.1) is 0 Å². The maximum absolute atomic E-state index is 12.5. The van der Waals surface area contributed by atoms with E-state index in [1.54, 1.807) is 0 Å². The van der Waals surface area contributed by atoms with E-state index in [0.717, 1.165) is 25.0 Å². The van der Waals surface area contributed by atoms with Gasteiger partial charge in [0.2, 0.25) is 0 Å². The number of nitrogens with zero attached hydrogens (tertiary/aromatic N) is 1. The van der Waals surface area contributed by atoms with Crippen molar-refractivity contribution in [1.82, 2.24) is 0 Å². The van der Waals surface area contributed by atoms with Gasteiger partial charge >= 0.3 is 12.4 Å². The van der Waals surface area contributed by atoms with Crippen LogP contribution in [-0.2, 0) is 18.9 Å². The van der Waals surface area contributed by atoms with Gasteiger partial charge < -0.3 is 5.32 Å². The quantitative estimate of drug-likeness (QED) is 0.710. The Morgan fingerprint density at radius 1 is 0.895 bits per heavy atom. The minimum Gasteiger partial charge on any atom is -0.656 e. The molecule has 0 bridgehead atoms. The van der Waals surface area contributed by atoms with Crippen molar-refractivity contribution in [3.63, 3.8) is 0 Å². The van der Waals surface area contributed by atoms with Gasteiger partial charge in [-0.1, -0.05) is 18.4 Å². The SMILES string of the molecule is FC(F)(F)c1cc(C[N-]C2CC2)cc(C(F)(F)F)c1. The Kier molecular flexibility index (Phi) is 3.51. The molecule has 1 aromatic rings. The lowest BCUT2D eigenvalue weighted by molar-refractivity contribution is -0.143. The van der Waals surface area contributed by atoms with Gasteiger partial charge in [-0.15, -0.1) is 12.6 Å². The number of hydrogen-bond donors (Lipinski definition) is 0. The summed E-state index contributed by atoms with van der Waals surface area (Å²) in [4.78, 5) is 0. The Balaban J connectivity index is 2.30. The second kappa shape index (κ2) is 4.70. The van der Waals surface area contributed by atoms with Crippen molar-refractivity contribution < 1.29 is 26.3 Å². The van der Waals surface area contributed by atoms with Crippen LogP contribution in [0.1, 0.15) is 29.5 Å². The summed E-state index contributed by atoms with van der Waals surface area (Å²) >= 11 is 0. The molecule has 1 aliphatic rings. The van der Waals surface area contributed by atoms with Crippen molar-refractivity contribution in [3.05, 3.63) is 40.2 Å². The molecule has 0 amide bonds. The zero-order valence-corrected chi connectivity index (χ0v) is 9.65. The van der Waals surface area contributed by atoms with E-state index < -0.39 is 23.5 Å². The van der Waals surface area contributed by atoms with E-state index in [-0.39, 0.29) is 24.2 Å². The monoisotopic (exact) mass is 282 g/mol. The topological polar surface area (TPSA) is 14.1 Å². The molecule has 2 rings (SSSR count). The molecule has 0 heterocycles. The van der Waals surface area contributed by atoms with Gasteiger partial charge in [-0.25, -0.2) is 0 Å². The summed E-state index contributed by atoms with van der Waals surface area (Å²) in [6.45, 7) is -0.113. The van der Waals surface area contributed by atoms with Gasteiger partial charge in [0.05, 0.1) is 11.1 Å². The van der Waals surface area contributed by atoms with Crippen molar-refractivity contribution in [2.45, 2.75) is 37.8 Å². The minimum absolute atomic E-state index is 0.0611. The molecule has 0 spiro atoms. The highest BCUT2D eigenvalue weighted by molar-refractivity contribution is 5.34. The Hall–Kier alpha value is -1.24. The summed E-state index contributed by atoms with van der Waals surface area (Å²) in [6, 6.07) is 1.66. The van der Waals surface area contributed by atoms with E-state index in [0.29, 0.717) is 0 Å². The second-order valence-electron chi connectivity index (χ2n) is 4.49. The molecule has 1 saturated carbocycles. The summed E-state index contributed by atoms with van der Waals surface area (Å²) in [6.07, 6.45) is -7.89. The predicted octanol–water partition coefficient (Wildman–Crippen LogP) is 4.76. The number of hydrogen-bond acceptors (Lipinski definition) is 0. The lowest BCUT2D eigenvalue weighted by Gasteiger charge is -2.20. The third kappa shape index (κ3) is 3.86. The van der Waals surface area contributed by atoms with Crippen molar-refractivity contribution in [2.24, 2.45) is 0 Å². The summed E-state index contributed by atoms with van der Waals surface area (Å²) in [7, 11) is 0. The van der Waals surface area contributed by atoms with Crippen LogP contribution in [0.15, 0.2) is 18.2 Å². The molecule has 0 aliphatic heterocycles. The van der Waals surface area contributed by atoms with Gasteiger partial charge in [0, 0.05) is 0 Å².